The van der Waals surface area contributed by atoms with E-state index in [-0.39, 0.29) is 5.57 Å². The molecule has 7 heteroatoms. The van der Waals surface area contributed by atoms with Crippen molar-refractivity contribution in [3.05, 3.63) is 41.6 Å². The van der Waals surface area contributed by atoms with E-state index in [1.54, 1.807) is 38.1 Å². The number of carboxylic acids is 1. The number of anilines is 1. The highest BCUT2D eigenvalue weighted by Gasteiger charge is 2.39. The van der Waals surface area contributed by atoms with Crippen molar-refractivity contribution in [3.63, 3.8) is 0 Å². The molecule has 2 N–H and O–H groups in total. The summed E-state index contributed by atoms with van der Waals surface area (Å²) in [4.78, 5) is 34.8. The van der Waals surface area contributed by atoms with E-state index in [0.29, 0.717) is 11.3 Å². The Morgan fingerprint density at radius 1 is 1.12 bits per heavy atom. The molecule has 0 aromatic heterocycles. The number of benzene rings is 1. The van der Waals surface area contributed by atoms with Crippen molar-refractivity contribution >= 4 is 23.6 Å². The van der Waals surface area contributed by atoms with Gasteiger partial charge < -0.3 is 19.9 Å². The molecule has 1 saturated heterocycles. The molecule has 1 aromatic carbocycles. The molecule has 2 rings (SSSR count). The van der Waals surface area contributed by atoms with Gasteiger partial charge in [-0.3, -0.25) is 4.79 Å². The van der Waals surface area contributed by atoms with Crippen molar-refractivity contribution in [1.29, 1.82) is 0 Å². The lowest BCUT2D eigenvalue weighted by atomic mass is 9.85. The molecule has 0 radical (unpaired) electrons. The Morgan fingerprint density at radius 2 is 1.62 bits per heavy atom. The third kappa shape index (κ3) is 3.56. The number of nitrogens with one attached hydrogen (secondary N) is 1. The Hall–Kier alpha value is -2.83. The molecular formula is C17H19NO6. The highest BCUT2D eigenvalue weighted by atomic mass is 16.7. The molecule has 0 bridgehead atoms. The summed E-state index contributed by atoms with van der Waals surface area (Å²) in [6, 6.07) is 6.63. The van der Waals surface area contributed by atoms with Gasteiger partial charge in [-0.15, -0.1) is 0 Å². The number of carboxylic acid groups (broad SMARTS) is 1. The SMILES string of the molecule is CC1(C)OC(=O)C(=CNc2ccc(C(C)(C)C(=O)O)cc2)C(=O)O1. The Balaban J connectivity index is 2.14. The molecule has 0 atom stereocenters. The van der Waals surface area contributed by atoms with Crippen molar-refractivity contribution < 1.29 is 29.0 Å². The number of hydrogen-bond acceptors (Lipinski definition) is 6. The minimum Gasteiger partial charge on any atom is -0.481 e. The molecule has 24 heavy (non-hydrogen) atoms. The van der Waals surface area contributed by atoms with Gasteiger partial charge in [0.2, 0.25) is 0 Å². The molecular weight excluding hydrogens is 314 g/mol. The van der Waals surface area contributed by atoms with Crippen LogP contribution in [0, 0.1) is 0 Å². The summed E-state index contributed by atoms with van der Waals surface area (Å²) in [5.74, 6) is -3.75. The van der Waals surface area contributed by atoms with Crippen molar-refractivity contribution in [3.8, 4) is 0 Å². The maximum atomic E-state index is 11.8. The molecule has 128 valence electrons. The zero-order valence-electron chi connectivity index (χ0n) is 13.9. The summed E-state index contributed by atoms with van der Waals surface area (Å²) in [7, 11) is 0. The van der Waals surface area contributed by atoms with Crippen LogP contribution in [0.3, 0.4) is 0 Å². The summed E-state index contributed by atoms with van der Waals surface area (Å²) in [6.07, 6.45) is 1.21. The van der Waals surface area contributed by atoms with Gasteiger partial charge in [-0.1, -0.05) is 12.1 Å². The van der Waals surface area contributed by atoms with Crippen LogP contribution < -0.4 is 5.32 Å². The van der Waals surface area contributed by atoms with Gasteiger partial charge in [0.15, 0.2) is 5.57 Å². The summed E-state index contributed by atoms with van der Waals surface area (Å²) in [6.45, 7) is 6.15. The topological polar surface area (TPSA) is 102 Å². The van der Waals surface area contributed by atoms with Gasteiger partial charge in [0.1, 0.15) is 0 Å². The first-order valence-electron chi connectivity index (χ1n) is 7.30. The standard InChI is InChI=1S/C17H19NO6/c1-16(2,15(21)22)10-5-7-11(8-6-10)18-9-12-13(19)23-17(3,4)24-14(12)20/h5-9,18H,1-4H3,(H,21,22). The number of ether oxygens (including phenoxy) is 2. The third-order valence-electron chi connectivity index (χ3n) is 3.64. The second kappa shape index (κ2) is 5.99. The first-order chi connectivity index (χ1) is 11.0. The molecule has 0 amide bonds. The van der Waals surface area contributed by atoms with Gasteiger partial charge >= 0.3 is 17.9 Å². The van der Waals surface area contributed by atoms with Gasteiger partial charge in [-0.25, -0.2) is 9.59 Å². The minimum absolute atomic E-state index is 0.246. The molecule has 1 aliphatic rings. The van der Waals surface area contributed by atoms with Gasteiger partial charge in [0.25, 0.3) is 5.79 Å². The van der Waals surface area contributed by atoms with Gasteiger partial charge in [0.05, 0.1) is 5.41 Å². The fourth-order valence-corrected chi connectivity index (χ4v) is 2.04. The van der Waals surface area contributed by atoms with Gasteiger partial charge in [-0.2, -0.15) is 0 Å². The fraction of sp³-hybridized carbons (Fsp3) is 0.353. The van der Waals surface area contributed by atoms with Crippen LogP contribution in [0.5, 0.6) is 0 Å². The zero-order chi connectivity index (χ0) is 18.1. The Kier molecular flexibility index (Phi) is 4.38. The van der Waals surface area contributed by atoms with E-state index >= 15 is 0 Å². The van der Waals surface area contributed by atoms with Crippen LogP contribution in [0.1, 0.15) is 33.3 Å². The van der Waals surface area contributed by atoms with E-state index in [9.17, 15) is 19.5 Å². The van der Waals surface area contributed by atoms with Gasteiger partial charge in [-0.05, 0) is 31.5 Å². The fourth-order valence-electron chi connectivity index (χ4n) is 2.04. The number of aliphatic carboxylic acids is 1. The molecule has 0 spiro atoms. The highest BCUT2D eigenvalue weighted by Crippen LogP contribution is 2.26. The molecule has 0 unspecified atom stereocenters. The predicted octanol–water partition coefficient (Wildman–Crippen LogP) is 2.18. The largest absolute Gasteiger partial charge is 0.481 e. The molecule has 1 aromatic rings. The molecule has 1 heterocycles. The summed E-state index contributed by atoms with van der Waals surface area (Å²) >= 11 is 0. The smallest absolute Gasteiger partial charge is 0.350 e. The predicted molar refractivity (Wildman–Crippen MR) is 85.1 cm³/mol. The van der Waals surface area contributed by atoms with E-state index < -0.39 is 29.1 Å². The first kappa shape index (κ1) is 17.5. The quantitative estimate of drug-likeness (QED) is 0.494. The highest BCUT2D eigenvalue weighted by molar-refractivity contribution is 6.15. The number of rotatable bonds is 4. The lowest BCUT2D eigenvalue weighted by Gasteiger charge is -2.29. The zero-order valence-corrected chi connectivity index (χ0v) is 13.9. The van der Waals surface area contributed by atoms with Crippen molar-refractivity contribution in [2.45, 2.75) is 38.9 Å². The average Bonchev–Trinajstić information content (AvgIpc) is 2.45. The number of hydrogen-bond donors (Lipinski definition) is 2. The Morgan fingerprint density at radius 3 is 2.08 bits per heavy atom. The number of carbonyl (C=O) groups is 3. The maximum absolute atomic E-state index is 11.8. The van der Waals surface area contributed by atoms with Crippen LogP contribution in [0.2, 0.25) is 0 Å². The lowest BCUT2D eigenvalue weighted by Crippen LogP contribution is -2.42. The summed E-state index contributed by atoms with van der Waals surface area (Å²) in [5.41, 5.74) is -0.0481. The monoisotopic (exact) mass is 333 g/mol. The first-order valence-corrected chi connectivity index (χ1v) is 7.30. The Labute approximate surface area is 139 Å². The van der Waals surface area contributed by atoms with Gasteiger partial charge in [0, 0.05) is 25.7 Å². The van der Waals surface area contributed by atoms with Crippen LogP contribution in [0.15, 0.2) is 36.0 Å². The molecule has 0 aliphatic carbocycles. The van der Waals surface area contributed by atoms with Crippen LogP contribution >= 0.6 is 0 Å². The van der Waals surface area contributed by atoms with Crippen LogP contribution in [0.25, 0.3) is 0 Å². The summed E-state index contributed by atoms with van der Waals surface area (Å²) < 4.78 is 9.96. The van der Waals surface area contributed by atoms with E-state index in [1.807, 2.05) is 0 Å². The molecule has 7 nitrogen and oxygen atoms in total. The Bertz CT molecular complexity index is 693. The van der Waals surface area contributed by atoms with E-state index in [0.717, 1.165) is 0 Å². The number of cyclic esters (lactones) is 2. The van der Waals surface area contributed by atoms with Crippen molar-refractivity contribution in [2.24, 2.45) is 0 Å². The van der Waals surface area contributed by atoms with Crippen LogP contribution in [-0.2, 0) is 29.3 Å². The number of carbonyl (C=O) groups excluding carboxylic acids is 2. The molecule has 1 fully saturated rings. The average molecular weight is 333 g/mol. The third-order valence-corrected chi connectivity index (χ3v) is 3.64. The normalized spacial score (nSPS) is 16.9. The van der Waals surface area contributed by atoms with Crippen molar-refractivity contribution in [1.82, 2.24) is 0 Å². The van der Waals surface area contributed by atoms with E-state index in [1.165, 1.54) is 20.0 Å². The van der Waals surface area contributed by atoms with E-state index in [2.05, 4.69) is 5.32 Å². The van der Waals surface area contributed by atoms with Crippen LogP contribution in [0.4, 0.5) is 5.69 Å². The summed E-state index contributed by atoms with van der Waals surface area (Å²) in [5, 5.41) is 12.0. The second-order valence-electron chi connectivity index (χ2n) is 6.39. The molecule has 1 aliphatic heterocycles. The minimum atomic E-state index is -1.28. The van der Waals surface area contributed by atoms with Crippen molar-refractivity contribution in [2.75, 3.05) is 5.32 Å². The molecule has 0 saturated carbocycles. The van der Waals surface area contributed by atoms with E-state index in [4.69, 9.17) is 9.47 Å². The second-order valence-corrected chi connectivity index (χ2v) is 6.39. The lowest BCUT2D eigenvalue weighted by molar-refractivity contribution is -0.222. The maximum Gasteiger partial charge on any atom is 0.350 e. The number of esters is 2. The van der Waals surface area contributed by atoms with Crippen LogP contribution in [-0.4, -0.2) is 28.8 Å².